The standard InChI is InChI=1S/C13H16ClN3S/c1-9-12(7-8-15)13(17(2)16-9)18-11-5-3-10(14)4-6-11/h3-6H,7-8,15H2,1-2H3. The van der Waals surface area contributed by atoms with Gasteiger partial charge in [0.1, 0.15) is 5.03 Å². The van der Waals surface area contributed by atoms with Gasteiger partial charge in [0, 0.05) is 22.5 Å². The summed E-state index contributed by atoms with van der Waals surface area (Å²) in [6.07, 6.45) is 0.857. The van der Waals surface area contributed by atoms with Gasteiger partial charge in [-0.05, 0) is 44.2 Å². The number of benzene rings is 1. The average molecular weight is 282 g/mol. The van der Waals surface area contributed by atoms with Crippen molar-refractivity contribution in [3.8, 4) is 0 Å². The molecule has 0 saturated heterocycles. The van der Waals surface area contributed by atoms with E-state index in [1.165, 1.54) is 5.56 Å². The maximum Gasteiger partial charge on any atom is 0.102 e. The molecule has 5 heteroatoms. The maximum absolute atomic E-state index is 5.89. The zero-order valence-electron chi connectivity index (χ0n) is 10.5. The number of halogens is 1. The highest BCUT2D eigenvalue weighted by atomic mass is 35.5. The lowest BCUT2D eigenvalue weighted by atomic mass is 10.2. The topological polar surface area (TPSA) is 43.8 Å². The molecule has 0 atom stereocenters. The minimum absolute atomic E-state index is 0.640. The fourth-order valence-electron chi connectivity index (χ4n) is 1.85. The van der Waals surface area contributed by atoms with Crippen molar-refractivity contribution in [3.05, 3.63) is 40.5 Å². The van der Waals surface area contributed by atoms with Crippen LogP contribution in [0.4, 0.5) is 0 Å². The number of nitrogens with two attached hydrogens (primary N) is 1. The highest BCUT2D eigenvalue weighted by molar-refractivity contribution is 7.99. The third kappa shape index (κ3) is 2.88. The second-order valence-electron chi connectivity index (χ2n) is 4.09. The second kappa shape index (κ2) is 5.78. The summed E-state index contributed by atoms with van der Waals surface area (Å²) in [6, 6.07) is 7.83. The van der Waals surface area contributed by atoms with E-state index >= 15 is 0 Å². The number of hydrogen-bond acceptors (Lipinski definition) is 3. The van der Waals surface area contributed by atoms with Crippen LogP contribution in [0, 0.1) is 6.92 Å². The summed E-state index contributed by atoms with van der Waals surface area (Å²) < 4.78 is 1.92. The summed E-state index contributed by atoms with van der Waals surface area (Å²) in [5.41, 5.74) is 7.95. The summed E-state index contributed by atoms with van der Waals surface area (Å²) in [4.78, 5) is 1.15. The van der Waals surface area contributed by atoms with Gasteiger partial charge in [-0.25, -0.2) is 0 Å². The molecule has 96 valence electrons. The Balaban J connectivity index is 2.30. The molecule has 0 amide bonds. The van der Waals surface area contributed by atoms with Gasteiger partial charge in [0.25, 0.3) is 0 Å². The van der Waals surface area contributed by atoms with Gasteiger partial charge in [-0.2, -0.15) is 5.10 Å². The molecule has 1 heterocycles. The van der Waals surface area contributed by atoms with Gasteiger partial charge in [-0.3, -0.25) is 4.68 Å². The normalized spacial score (nSPS) is 10.9. The molecule has 0 spiro atoms. The first kappa shape index (κ1) is 13.5. The van der Waals surface area contributed by atoms with E-state index in [4.69, 9.17) is 17.3 Å². The third-order valence-corrected chi connectivity index (χ3v) is 4.18. The predicted octanol–water partition coefficient (Wildman–Crippen LogP) is 3.03. The van der Waals surface area contributed by atoms with E-state index in [0.29, 0.717) is 6.54 Å². The van der Waals surface area contributed by atoms with Crippen LogP contribution in [0.1, 0.15) is 11.3 Å². The van der Waals surface area contributed by atoms with E-state index in [0.717, 1.165) is 27.1 Å². The highest BCUT2D eigenvalue weighted by Crippen LogP contribution is 2.32. The number of aryl methyl sites for hydroxylation is 2. The highest BCUT2D eigenvalue weighted by Gasteiger charge is 2.13. The Labute approximate surface area is 116 Å². The fraction of sp³-hybridized carbons (Fsp3) is 0.308. The molecular formula is C13H16ClN3S. The van der Waals surface area contributed by atoms with Crippen molar-refractivity contribution >= 4 is 23.4 Å². The third-order valence-electron chi connectivity index (χ3n) is 2.71. The molecule has 0 radical (unpaired) electrons. The van der Waals surface area contributed by atoms with Gasteiger partial charge in [0.05, 0.1) is 5.69 Å². The molecule has 2 aromatic rings. The number of nitrogens with zero attached hydrogens (tertiary/aromatic N) is 2. The van der Waals surface area contributed by atoms with Crippen LogP contribution >= 0.6 is 23.4 Å². The minimum Gasteiger partial charge on any atom is -0.330 e. The van der Waals surface area contributed by atoms with Crippen molar-refractivity contribution in [3.63, 3.8) is 0 Å². The second-order valence-corrected chi connectivity index (χ2v) is 5.59. The van der Waals surface area contributed by atoms with E-state index in [2.05, 4.69) is 5.10 Å². The van der Waals surface area contributed by atoms with Crippen molar-refractivity contribution in [2.24, 2.45) is 12.8 Å². The first-order valence-corrected chi connectivity index (χ1v) is 6.97. The first-order chi connectivity index (χ1) is 8.61. The number of hydrogen-bond donors (Lipinski definition) is 1. The van der Waals surface area contributed by atoms with Crippen LogP contribution in [0.3, 0.4) is 0 Å². The van der Waals surface area contributed by atoms with Gasteiger partial charge in [-0.1, -0.05) is 23.4 Å². The van der Waals surface area contributed by atoms with Gasteiger partial charge in [0.2, 0.25) is 0 Å². The van der Waals surface area contributed by atoms with Crippen molar-refractivity contribution in [1.82, 2.24) is 9.78 Å². The molecule has 18 heavy (non-hydrogen) atoms. The maximum atomic E-state index is 5.89. The lowest BCUT2D eigenvalue weighted by Gasteiger charge is -2.05. The van der Waals surface area contributed by atoms with Crippen molar-refractivity contribution in [2.45, 2.75) is 23.3 Å². The Morgan fingerprint density at radius 1 is 1.33 bits per heavy atom. The lowest BCUT2D eigenvalue weighted by Crippen LogP contribution is -2.04. The SMILES string of the molecule is Cc1nn(C)c(Sc2ccc(Cl)cc2)c1CCN. The number of rotatable bonds is 4. The molecule has 3 nitrogen and oxygen atoms in total. The predicted molar refractivity (Wildman–Crippen MR) is 76.3 cm³/mol. The molecule has 1 aromatic heterocycles. The van der Waals surface area contributed by atoms with Gasteiger partial charge in [0.15, 0.2) is 0 Å². The largest absolute Gasteiger partial charge is 0.330 e. The lowest BCUT2D eigenvalue weighted by molar-refractivity contribution is 0.688. The summed E-state index contributed by atoms with van der Waals surface area (Å²) in [7, 11) is 1.96. The molecule has 0 aliphatic carbocycles. The molecule has 0 aliphatic rings. The molecule has 0 unspecified atom stereocenters. The Morgan fingerprint density at radius 3 is 2.61 bits per heavy atom. The van der Waals surface area contributed by atoms with Crippen LogP contribution < -0.4 is 5.73 Å². The molecule has 0 bridgehead atoms. The molecular weight excluding hydrogens is 266 g/mol. The van der Waals surface area contributed by atoms with E-state index in [9.17, 15) is 0 Å². The fourth-order valence-corrected chi connectivity index (χ4v) is 3.02. The summed E-state index contributed by atoms with van der Waals surface area (Å²) in [6.45, 7) is 2.66. The summed E-state index contributed by atoms with van der Waals surface area (Å²) >= 11 is 7.58. The zero-order valence-corrected chi connectivity index (χ0v) is 12.1. The van der Waals surface area contributed by atoms with Gasteiger partial charge in [-0.15, -0.1) is 0 Å². The van der Waals surface area contributed by atoms with Crippen LogP contribution in [0.2, 0.25) is 5.02 Å². The molecule has 1 aromatic carbocycles. The van der Waals surface area contributed by atoms with Gasteiger partial charge >= 0.3 is 0 Å². The van der Waals surface area contributed by atoms with Crippen LogP contribution in [0.15, 0.2) is 34.2 Å². The van der Waals surface area contributed by atoms with E-state index in [-0.39, 0.29) is 0 Å². The van der Waals surface area contributed by atoms with Crippen LogP contribution in [-0.4, -0.2) is 16.3 Å². The van der Waals surface area contributed by atoms with Crippen molar-refractivity contribution in [2.75, 3.05) is 6.54 Å². The molecule has 0 aliphatic heterocycles. The summed E-state index contributed by atoms with van der Waals surface area (Å²) in [5.74, 6) is 0. The van der Waals surface area contributed by atoms with E-state index in [1.54, 1.807) is 11.8 Å². The Bertz CT molecular complexity index is 534. The Morgan fingerprint density at radius 2 is 2.00 bits per heavy atom. The molecule has 2 N–H and O–H groups in total. The monoisotopic (exact) mass is 281 g/mol. The summed E-state index contributed by atoms with van der Waals surface area (Å²) in [5, 5.41) is 6.36. The van der Waals surface area contributed by atoms with Gasteiger partial charge < -0.3 is 5.73 Å². The van der Waals surface area contributed by atoms with Crippen LogP contribution in [-0.2, 0) is 13.5 Å². The zero-order chi connectivity index (χ0) is 13.1. The molecule has 2 rings (SSSR count). The van der Waals surface area contributed by atoms with Crippen molar-refractivity contribution < 1.29 is 0 Å². The Hall–Kier alpha value is -0.970. The minimum atomic E-state index is 0.640. The average Bonchev–Trinajstić information content (AvgIpc) is 2.59. The smallest absolute Gasteiger partial charge is 0.102 e. The quantitative estimate of drug-likeness (QED) is 0.937. The van der Waals surface area contributed by atoms with Crippen LogP contribution in [0.25, 0.3) is 0 Å². The molecule has 0 fully saturated rings. The van der Waals surface area contributed by atoms with Crippen molar-refractivity contribution in [1.29, 1.82) is 0 Å². The Kier molecular flexibility index (Phi) is 4.32. The molecule has 0 saturated carbocycles. The van der Waals surface area contributed by atoms with E-state index in [1.807, 2.05) is 42.9 Å². The van der Waals surface area contributed by atoms with E-state index < -0.39 is 0 Å². The first-order valence-electron chi connectivity index (χ1n) is 5.77. The van der Waals surface area contributed by atoms with Crippen LogP contribution in [0.5, 0.6) is 0 Å². The number of aromatic nitrogens is 2.